The maximum Gasteiger partial charge on any atom is 0.330 e. The number of allylic oxidation sites excluding steroid dienone is 1. The summed E-state index contributed by atoms with van der Waals surface area (Å²) in [7, 11) is 0. The fraction of sp³-hybridized carbons (Fsp3) is 0.625. The number of unbranched alkanes of at least 4 members (excludes halogenated alkanes) is 1. The molecule has 0 aliphatic rings. The van der Waals surface area contributed by atoms with Crippen molar-refractivity contribution in [2.75, 3.05) is 11.0 Å². The highest BCUT2D eigenvalue weighted by Gasteiger charge is 1.90. The Labute approximate surface area is 81.1 Å². The number of hydrogen-bond acceptors (Lipinski definition) is 2. The van der Waals surface area contributed by atoms with Gasteiger partial charge in [-0.2, -0.15) is 0 Å². The van der Waals surface area contributed by atoms with E-state index < -0.39 is 0 Å². The minimum Gasteiger partial charge on any atom is -0.463 e. The first-order chi connectivity index (χ1) is 5.31. The summed E-state index contributed by atoms with van der Waals surface area (Å²) in [6.07, 6.45) is 5.44. The van der Waals surface area contributed by atoms with Crippen LogP contribution in [0.3, 0.4) is 0 Å². The van der Waals surface area contributed by atoms with Crippen molar-refractivity contribution in [2.45, 2.75) is 19.8 Å². The zero-order valence-corrected chi connectivity index (χ0v) is 8.84. The largest absolute Gasteiger partial charge is 0.463 e. The maximum absolute atomic E-state index is 10.7. The summed E-state index contributed by atoms with van der Waals surface area (Å²) in [5, 5.41) is 0. The van der Waals surface area contributed by atoms with Crippen molar-refractivity contribution in [3.8, 4) is 0 Å². The molecule has 0 radical (unpaired) electrons. The fourth-order valence-electron chi connectivity index (χ4n) is 0.565. The summed E-state index contributed by atoms with van der Waals surface area (Å²) >= 11 is 2.31. The molecule has 0 saturated carbocycles. The summed E-state index contributed by atoms with van der Waals surface area (Å²) in [4.78, 5) is 10.7. The first-order valence-electron chi connectivity index (χ1n) is 3.70. The van der Waals surface area contributed by atoms with Crippen molar-refractivity contribution >= 4 is 28.6 Å². The second-order valence-corrected chi connectivity index (χ2v) is 3.06. The average molecular weight is 268 g/mol. The lowest BCUT2D eigenvalue weighted by molar-refractivity contribution is -0.137. The van der Waals surface area contributed by atoms with E-state index >= 15 is 0 Å². The zero-order valence-electron chi connectivity index (χ0n) is 6.68. The fourth-order valence-corrected chi connectivity index (χ4v) is 1.01. The molecular weight excluding hydrogens is 255 g/mol. The first kappa shape index (κ1) is 10.9. The van der Waals surface area contributed by atoms with Crippen LogP contribution in [0, 0.1) is 0 Å². The van der Waals surface area contributed by atoms with E-state index in [0.717, 1.165) is 17.3 Å². The van der Waals surface area contributed by atoms with Crippen LogP contribution < -0.4 is 0 Å². The van der Waals surface area contributed by atoms with Gasteiger partial charge in [-0.25, -0.2) is 4.79 Å². The van der Waals surface area contributed by atoms with Gasteiger partial charge < -0.3 is 4.74 Å². The average Bonchev–Trinajstić information content (AvgIpc) is 1.99. The van der Waals surface area contributed by atoms with Crippen LogP contribution in [-0.2, 0) is 9.53 Å². The Bertz CT molecular complexity index is 132. The van der Waals surface area contributed by atoms with Crippen LogP contribution in [-0.4, -0.2) is 17.0 Å². The molecule has 0 spiro atoms. The minimum absolute atomic E-state index is 0.235. The van der Waals surface area contributed by atoms with E-state index in [1.165, 1.54) is 6.08 Å². The van der Waals surface area contributed by atoms with E-state index in [4.69, 9.17) is 4.74 Å². The van der Waals surface area contributed by atoms with Crippen molar-refractivity contribution in [3.05, 3.63) is 12.2 Å². The Balaban J connectivity index is 3.32. The Hall–Kier alpha value is -0.0600. The molecule has 0 rings (SSSR count). The topological polar surface area (TPSA) is 26.3 Å². The second-order valence-electron chi connectivity index (χ2n) is 1.99. The van der Waals surface area contributed by atoms with Crippen molar-refractivity contribution in [3.63, 3.8) is 0 Å². The molecule has 0 aromatic rings. The van der Waals surface area contributed by atoms with E-state index in [1.54, 1.807) is 6.92 Å². The molecule has 0 N–H and O–H groups in total. The molecule has 0 atom stereocenters. The quantitative estimate of drug-likeness (QED) is 0.251. The van der Waals surface area contributed by atoms with Gasteiger partial charge in [0.25, 0.3) is 0 Å². The van der Waals surface area contributed by atoms with Gasteiger partial charge >= 0.3 is 5.97 Å². The van der Waals surface area contributed by atoms with Gasteiger partial charge in [-0.3, -0.25) is 0 Å². The molecule has 0 aliphatic carbocycles. The molecule has 3 heteroatoms. The lowest BCUT2D eigenvalue weighted by Gasteiger charge is -1.93. The SMILES string of the molecule is CCOC(=O)/C=C/CCCI. The number of rotatable bonds is 5. The van der Waals surface area contributed by atoms with E-state index in [0.29, 0.717) is 6.61 Å². The van der Waals surface area contributed by atoms with Crippen molar-refractivity contribution in [1.29, 1.82) is 0 Å². The van der Waals surface area contributed by atoms with Gasteiger partial charge in [0, 0.05) is 6.08 Å². The Morgan fingerprint density at radius 1 is 1.64 bits per heavy atom. The summed E-state index contributed by atoms with van der Waals surface area (Å²) in [5.74, 6) is -0.235. The van der Waals surface area contributed by atoms with Crippen molar-refractivity contribution < 1.29 is 9.53 Å². The van der Waals surface area contributed by atoms with E-state index in [-0.39, 0.29) is 5.97 Å². The number of carbonyl (C=O) groups is 1. The summed E-state index contributed by atoms with van der Waals surface area (Å²) in [5.41, 5.74) is 0. The third kappa shape index (κ3) is 7.84. The third-order valence-electron chi connectivity index (χ3n) is 1.04. The number of halogens is 1. The van der Waals surface area contributed by atoms with Gasteiger partial charge in [0.1, 0.15) is 0 Å². The van der Waals surface area contributed by atoms with Gasteiger partial charge in [0.05, 0.1) is 6.61 Å². The monoisotopic (exact) mass is 268 g/mol. The van der Waals surface area contributed by atoms with Crippen molar-refractivity contribution in [1.82, 2.24) is 0 Å². The normalized spacial score (nSPS) is 10.4. The highest BCUT2D eigenvalue weighted by atomic mass is 127. The predicted molar refractivity (Wildman–Crippen MR) is 53.9 cm³/mol. The molecular formula is C8H13IO2. The zero-order chi connectivity index (χ0) is 8.53. The highest BCUT2D eigenvalue weighted by Crippen LogP contribution is 1.95. The summed E-state index contributed by atoms with van der Waals surface area (Å²) in [6.45, 7) is 2.26. The van der Waals surface area contributed by atoms with Gasteiger partial charge in [0.15, 0.2) is 0 Å². The Morgan fingerprint density at radius 3 is 2.91 bits per heavy atom. The Morgan fingerprint density at radius 2 is 2.36 bits per heavy atom. The molecule has 0 aliphatic heterocycles. The van der Waals surface area contributed by atoms with E-state index in [1.807, 2.05) is 6.08 Å². The molecule has 0 fully saturated rings. The number of ether oxygens (including phenoxy) is 1. The molecule has 0 saturated heterocycles. The van der Waals surface area contributed by atoms with Crippen LogP contribution in [0.4, 0.5) is 0 Å². The first-order valence-corrected chi connectivity index (χ1v) is 5.23. The molecule has 0 aromatic carbocycles. The number of esters is 1. The van der Waals surface area contributed by atoms with E-state index in [9.17, 15) is 4.79 Å². The van der Waals surface area contributed by atoms with Gasteiger partial charge in [-0.1, -0.05) is 28.7 Å². The van der Waals surface area contributed by atoms with E-state index in [2.05, 4.69) is 22.6 Å². The molecule has 2 nitrogen and oxygen atoms in total. The number of alkyl halides is 1. The van der Waals surface area contributed by atoms with Crippen LogP contribution in [0.25, 0.3) is 0 Å². The third-order valence-corrected chi connectivity index (χ3v) is 1.81. The van der Waals surface area contributed by atoms with Gasteiger partial charge in [-0.15, -0.1) is 0 Å². The molecule has 0 heterocycles. The molecule has 0 unspecified atom stereocenters. The van der Waals surface area contributed by atoms with Gasteiger partial charge in [-0.05, 0) is 24.2 Å². The van der Waals surface area contributed by atoms with Crippen LogP contribution in [0.5, 0.6) is 0 Å². The van der Waals surface area contributed by atoms with Crippen LogP contribution >= 0.6 is 22.6 Å². The number of carbonyl (C=O) groups excluding carboxylic acids is 1. The minimum atomic E-state index is -0.235. The maximum atomic E-state index is 10.7. The van der Waals surface area contributed by atoms with Crippen LogP contribution in [0.1, 0.15) is 19.8 Å². The van der Waals surface area contributed by atoms with Gasteiger partial charge in [0.2, 0.25) is 0 Å². The standard InChI is InChI=1S/C8H13IO2/c1-2-11-8(10)6-4-3-5-7-9/h4,6H,2-3,5,7H2,1H3/b6-4+. The number of hydrogen-bond donors (Lipinski definition) is 0. The predicted octanol–water partition coefficient (Wildman–Crippen LogP) is 2.32. The Kier molecular flexibility index (Phi) is 8.00. The lowest BCUT2D eigenvalue weighted by Crippen LogP contribution is -1.98. The molecule has 64 valence electrons. The van der Waals surface area contributed by atoms with Crippen LogP contribution in [0.15, 0.2) is 12.2 Å². The highest BCUT2D eigenvalue weighted by molar-refractivity contribution is 14.1. The smallest absolute Gasteiger partial charge is 0.330 e. The van der Waals surface area contributed by atoms with Crippen LogP contribution in [0.2, 0.25) is 0 Å². The molecule has 11 heavy (non-hydrogen) atoms. The lowest BCUT2D eigenvalue weighted by atomic mass is 10.3. The second kappa shape index (κ2) is 8.04. The summed E-state index contributed by atoms with van der Waals surface area (Å²) < 4.78 is 5.82. The van der Waals surface area contributed by atoms with Crippen molar-refractivity contribution in [2.24, 2.45) is 0 Å². The molecule has 0 amide bonds. The summed E-state index contributed by atoms with van der Waals surface area (Å²) in [6, 6.07) is 0. The molecule has 0 bridgehead atoms. The molecule has 0 aromatic heterocycles.